The SMILES string of the molecule is CN(C)CCN(C)CCS(=O)(=O)c1ccc(C#N)cc1. The fraction of sp³-hybridized carbons (Fsp3) is 0.500. The summed E-state index contributed by atoms with van der Waals surface area (Å²) < 4.78 is 24.3. The summed E-state index contributed by atoms with van der Waals surface area (Å²) in [5, 5.41) is 8.70. The first-order valence-corrected chi connectivity index (χ1v) is 8.06. The Hall–Kier alpha value is -1.42. The minimum absolute atomic E-state index is 0.0861. The fourth-order valence-electron chi connectivity index (χ4n) is 1.61. The Morgan fingerprint density at radius 1 is 1.05 bits per heavy atom. The average Bonchev–Trinajstić information content (AvgIpc) is 2.43. The van der Waals surface area contributed by atoms with Crippen LogP contribution in [-0.2, 0) is 9.84 Å². The van der Waals surface area contributed by atoms with Crippen molar-refractivity contribution in [3.63, 3.8) is 0 Å². The molecule has 5 nitrogen and oxygen atoms in total. The van der Waals surface area contributed by atoms with Gasteiger partial charge in [0.05, 0.1) is 22.3 Å². The first-order chi connectivity index (χ1) is 9.35. The largest absolute Gasteiger partial charge is 0.308 e. The average molecular weight is 295 g/mol. The van der Waals surface area contributed by atoms with E-state index in [0.29, 0.717) is 12.1 Å². The Labute approximate surface area is 121 Å². The van der Waals surface area contributed by atoms with Crippen molar-refractivity contribution in [1.82, 2.24) is 9.80 Å². The highest BCUT2D eigenvalue weighted by molar-refractivity contribution is 7.91. The molecule has 0 bridgehead atoms. The van der Waals surface area contributed by atoms with Gasteiger partial charge in [-0.15, -0.1) is 0 Å². The molecule has 1 rings (SSSR count). The predicted molar refractivity (Wildman–Crippen MR) is 79.3 cm³/mol. The Bertz CT molecular complexity index is 559. The van der Waals surface area contributed by atoms with E-state index < -0.39 is 9.84 Å². The van der Waals surface area contributed by atoms with Crippen LogP contribution in [0.5, 0.6) is 0 Å². The highest BCUT2D eigenvalue weighted by Gasteiger charge is 2.15. The van der Waals surface area contributed by atoms with Crippen molar-refractivity contribution in [2.45, 2.75) is 4.90 Å². The molecule has 0 aliphatic carbocycles. The van der Waals surface area contributed by atoms with Crippen molar-refractivity contribution in [2.75, 3.05) is 46.5 Å². The first kappa shape index (κ1) is 16.6. The molecule has 0 aromatic heterocycles. The quantitative estimate of drug-likeness (QED) is 0.745. The van der Waals surface area contributed by atoms with E-state index in [1.165, 1.54) is 24.3 Å². The third-order valence-corrected chi connectivity index (χ3v) is 4.72. The van der Waals surface area contributed by atoms with Gasteiger partial charge in [0.2, 0.25) is 0 Å². The minimum Gasteiger partial charge on any atom is -0.308 e. The Morgan fingerprint density at radius 3 is 2.15 bits per heavy atom. The molecule has 0 aliphatic heterocycles. The van der Waals surface area contributed by atoms with Gasteiger partial charge in [0.25, 0.3) is 0 Å². The molecule has 0 unspecified atom stereocenters. The summed E-state index contributed by atoms with van der Waals surface area (Å²) in [6.07, 6.45) is 0. The van der Waals surface area contributed by atoms with Crippen molar-refractivity contribution < 1.29 is 8.42 Å². The van der Waals surface area contributed by atoms with Crippen LogP contribution >= 0.6 is 0 Å². The maximum Gasteiger partial charge on any atom is 0.179 e. The van der Waals surface area contributed by atoms with E-state index in [2.05, 4.69) is 4.90 Å². The van der Waals surface area contributed by atoms with Gasteiger partial charge in [0.1, 0.15) is 0 Å². The van der Waals surface area contributed by atoms with Gasteiger partial charge in [-0.2, -0.15) is 5.26 Å². The van der Waals surface area contributed by atoms with Crippen LogP contribution in [0.1, 0.15) is 5.56 Å². The summed E-state index contributed by atoms with van der Waals surface area (Å²) in [7, 11) is 2.61. The number of benzene rings is 1. The maximum absolute atomic E-state index is 12.2. The zero-order valence-corrected chi connectivity index (χ0v) is 13.0. The van der Waals surface area contributed by atoms with Gasteiger partial charge < -0.3 is 9.80 Å². The van der Waals surface area contributed by atoms with E-state index in [4.69, 9.17) is 5.26 Å². The van der Waals surface area contributed by atoms with Gasteiger partial charge in [0, 0.05) is 19.6 Å². The van der Waals surface area contributed by atoms with E-state index in [9.17, 15) is 8.42 Å². The molecule has 0 aliphatic rings. The van der Waals surface area contributed by atoms with Gasteiger partial charge in [-0.25, -0.2) is 8.42 Å². The monoisotopic (exact) mass is 295 g/mol. The number of hydrogen-bond acceptors (Lipinski definition) is 5. The third-order valence-electron chi connectivity index (χ3n) is 3.01. The molecule has 1 aromatic carbocycles. The lowest BCUT2D eigenvalue weighted by Gasteiger charge is -2.19. The highest BCUT2D eigenvalue weighted by Crippen LogP contribution is 2.12. The molecule has 6 heteroatoms. The molecule has 0 fully saturated rings. The molecular weight excluding hydrogens is 274 g/mol. The van der Waals surface area contributed by atoms with E-state index in [1.54, 1.807) is 0 Å². The van der Waals surface area contributed by atoms with Crippen LogP contribution < -0.4 is 0 Å². The standard InChI is InChI=1S/C14H21N3O2S/c1-16(2)8-9-17(3)10-11-20(18,19)14-6-4-13(12-15)5-7-14/h4-7H,8-11H2,1-3H3. The molecule has 0 saturated heterocycles. The molecule has 0 radical (unpaired) electrons. The van der Waals surface area contributed by atoms with Crippen LogP contribution in [-0.4, -0.2) is 64.7 Å². The van der Waals surface area contributed by atoms with E-state index in [0.717, 1.165) is 13.1 Å². The van der Waals surface area contributed by atoms with Gasteiger partial charge in [-0.3, -0.25) is 0 Å². The summed E-state index contributed by atoms with van der Waals surface area (Å²) in [6, 6.07) is 8.02. The number of hydrogen-bond donors (Lipinski definition) is 0. The maximum atomic E-state index is 12.2. The molecule has 0 heterocycles. The minimum atomic E-state index is -3.28. The number of nitriles is 1. The predicted octanol–water partition coefficient (Wildman–Crippen LogP) is 0.825. The first-order valence-electron chi connectivity index (χ1n) is 6.41. The molecule has 20 heavy (non-hydrogen) atoms. The Morgan fingerprint density at radius 2 is 1.65 bits per heavy atom. The van der Waals surface area contributed by atoms with Gasteiger partial charge in [-0.1, -0.05) is 0 Å². The van der Waals surface area contributed by atoms with Crippen molar-refractivity contribution in [1.29, 1.82) is 5.26 Å². The Balaban J connectivity index is 2.59. The molecule has 0 spiro atoms. The lowest BCUT2D eigenvalue weighted by Crippen LogP contribution is -2.32. The summed E-state index contributed by atoms with van der Waals surface area (Å²) in [6.45, 7) is 2.22. The second-order valence-electron chi connectivity index (χ2n) is 5.06. The molecule has 1 aromatic rings. The Kier molecular flexibility index (Phi) is 6.14. The molecule has 0 saturated carbocycles. The second kappa shape index (κ2) is 7.39. The van der Waals surface area contributed by atoms with Crippen LogP contribution in [0, 0.1) is 11.3 Å². The van der Waals surface area contributed by atoms with E-state index in [-0.39, 0.29) is 10.6 Å². The summed E-state index contributed by atoms with van der Waals surface area (Å²) in [5.41, 5.74) is 0.465. The number of sulfone groups is 1. The lowest BCUT2D eigenvalue weighted by molar-refractivity contribution is 0.293. The third kappa shape index (κ3) is 5.29. The van der Waals surface area contributed by atoms with E-state index >= 15 is 0 Å². The number of rotatable bonds is 7. The van der Waals surface area contributed by atoms with Crippen molar-refractivity contribution in [2.24, 2.45) is 0 Å². The van der Waals surface area contributed by atoms with Crippen molar-refractivity contribution in [3.8, 4) is 6.07 Å². The lowest BCUT2D eigenvalue weighted by atomic mass is 10.2. The van der Waals surface area contributed by atoms with E-state index in [1.807, 2.05) is 32.1 Å². The van der Waals surface area contributed by atoms with Crippen LogP contribution in [0.3, 0.4) is 0 Å². The highest BCUT2D eigenvalue weighted by atomic mass is 32.2. The molecule has 0 amide bonds. The topological polar surface area (TPSA) is 64.4 Å². The zero-order chi connectivity index (χ0) is 15.2. The van der Waals surface area contributed by atoms with Gasteiger partial charge in [-0.05, 0) is 45.4 Å². The fourth-order valence-corrected chi connectivity index (χ4v) is 2.95. The number of likely N-dealkylation sites (N-methyl/N-ethyl adjacent to an activating group) is 2. The molecular formula is C14H21N3O2S. The zero-order valence-electron chi connectivity index (χ0n) is 12.2. The van der Waals surface area contributed by atoms with Crippen molar-refractivity contribution >= 4 is 9.84 Å². The summed E-state index contributed by atoms with van der Waals surface area (Å²) >= 11 is 0. The molecule has 110 valence electrons. The summed E-state index contributed by atoms with van der Waals surface area (Å²) in [5.74, 6) is 0.0861. The van der Waals surface area contributed by atoms with Crippen molar-refractivity contribution in [3.05, 3.63) is 29.8 Å². The smallest absolute Gasteiger partial charge is 0.179 e. The van der Waals surface area contributed by atoms with Crippen LogP contribution in [0.25, 0.3) is 0 Å². The summed E-state index contributed by atoms with van der Waals surface area (Å²) in [4.78, 5) is 4.34. The molecule has 0 atom stereocenters. The normalized spacial score (nSPS) is 11.8. The van der Waals surface area contributed by atoms with Crippen LogP contribution in [0.4, 0.5) is 0 Å². The molecule has 0 N–H and O–H groups in total. The van der Waals surface area contributed by atoms with Crippen LogP contribution in [0.2, 0.25) is 0 Å². The number of nitrogens with zero attached hydrogens (tertiary/aromatic N) is 3. The van der Waals surface area contributed by atoms with Gasteiger partial charge in [0.15, 0.2) is 9.84 Å². The second-order valence-corrected chi connectivity index (χ2v) is 7.17. The van der Waals surface area contributed by atoms with Gasteiger partial charge >= 0.3 is 0 Å². The van der Waals surface area contributed by atoms with Crippen LogP contribution in [0.15, 0.2) is 29.2 Å².